The number of methoxy groups -OCH3 is 1. The van der Waals surface area contributed by atoms with Crippen molar-refractivity contribution < 1.29 is 17.9 Å². The number of aromatic nitrogens is 1. The molecule has 120 valence electrons. The van der Waals surface area contributed by atoms with Crippen LogP contribution in [-0.4, -0.2) is 38.7 Å². The minimum Gasteiger partial charge on any atom is -0.380 e. The third kappa shape index (κ3) is 2.68. The molecule has 0 aliphatic rings. The summed E-state index contributed by atoms with van der Waals surface area (Å²) in [5, 5.41) is 0.759. The highest BCUT2D eigenvalue weighted by Gasteiger charge is 2.22. The second kappa shape index (κ2) is 5.85. The number of nitrogens with zero attached hydrogens (tertiary/aromatic N) is 1. The van der Waals surface area contributed by atoms with Crippen LogP contribution in [0, 0.1) is 6.92 Å². The van der Waals surface area contributed by atoms with Crippen molar-refractivity contribution in [3.8, 4) is 0 Å². The van der Waals surface area contributed by atoms with Crippen LogP contribution in [-0.2, 0) is 14.6 Å². The number of benzene rings is 1. The van der Waals surface area contributed by atoms with Crippen molar-refractivity contribution in [2.24, 2.45) is 0 Å². The molecule has 0 fully saturated rings. The highest BCUT2D eigenvalue weighted by molar-refractivity contribution is 7.90. The zero-order valence-corrected chi connectivity index (χ0v) is 14.3. The molecule has 0 radical (unpaired) electrons. The second-order valence-corrected chi connectivity index (χ2v) is 7.64. The third-order valence-corrected chi connectivity index (χ3v) is 5.38. The van der Waals surface area contributed by atoms with Crippen molar-refractivity contribution in [2.45, 2.75) is 37.8 Å². The first kappa shape index (κ1) is 16.7. The van der Waals surface area contributed by atoms with E-state index in [1.165, 1.54) is 6.26 Å². The molecule has 2 unspecified atom stereocenters. The van der Waals surface area contributed by atoms with Gasteiger partial charge in [0, 0.05) is 30.0 Å². The van der Waals surface area contributed by atoms with E-state index >= 15 is 0 Å². The second-order valence-electron chi connectivity index (χ2n) is 5.62. The molecule has 2 atom stereocenters. The van der Waals surface area contributed by atoms with Gasteiger partial charge in [-0.3, -0.25) is 4.79 Å². The maximum Gasteiger partial charge on any atom is 0.175 e. The van der Waals surface area contributed by atoms with Crippen molar-refractivity contribution >= 4 is 27.0 Å². The fourth-order valence-electron chi connectivity index (χ4n) is 2.75. The Kier molecular flexibility index (Phi) is 4.44. The van der Waals surface area contributed by atoms with Crippen LogP contribution in [0.2, 0.25) is 0 Å². The van der Waals surface area contributed by atoms with Crippen molar-refractivity contribution in [3.63, 3.8) is 0 Å². The number of sulfone groups is 1. The zero-order valence-electron chi connectivity index (χ0n) is 13.5. The predicted molar refractivity (Wildman–Crippen MR) is 86.4 cm³/mol. The van der Waals surface area contributed by atoms with Gasteiger partial charge in [-0.2, -0.15) is 0 Å². The fraction of sp³-hybridized carbons (Fsp3) is 0.438. The average Bonchev–Trinajstić information content (AvgIpc) is 2.75. The lowest BCUT2D eigenvalue weighted by Gasteiger charge is -2.23. The summed E-state index contributed by atoms with van der Waals surface area (Å²) in [7, 11) is -1.68. The Labute approximate surface area is 130 Å². The van der Waals surface area contributed by atoms with E-state index in [1.54, 1.807) is 25.3 Å². The minimum absolute atomic E-state index is 0.0315. The molecular weight excluding hydrogens is 302 g/mol. The first-order valence-electron chi connectivity index (χ1n) is 7.05. The summed E-state index contributed by atoms with van der Waals surface area (Å²) in [5.41, 5.74) is 2.14. The van der Waals surface area contributed by atoms with E-state index in [-0.39, 0.29) is 17.0 Å². The van der Waals surface area contributed by atoms with Gasteiger partial charge in [0.05, 0.1) is 22.6 Å². The van der Waals surface area contributed by atoms with Gasteiger partial charge in [-0.15, -0.1) is 0 Å². The number of carbonyl (C=O) groups is 1. The van der Waals surface area contributed by atoms with Crippen molar-refractivity contribution in [1.29, 1.82) is 0 Å². The van der Waals surface area contributed by atoms with E-state index in [1.807, 2.05) is 25.3 Å². The maximum atomic E-state index is 11.8. The zero-order chi connectivity index (χ0) is 16.7. The minimum atomic E-state index is -3.31. The molecule has 5 nitrogen and oxygen atoms in total. The summed E-state index contributed by atoms with van der Waals surface area (Å²) in [6.07, 6.45) is 1.92. The monoisotopic (exact) mass is 323 g/mol. The Bertz CT molecular complexity index is 820. The highest BCUT2D eigenvalue weighted by Crippen LogP contribution is 2.31. The Morgan fingerprint density at radius 2 is 1.91 bits per heavy atom. The Morgan fingerprint density at radius 3 is 2.41 bits per heavy atom. The van der Waals surface area contributed by atoms with Gasteiger partial charge in [0.2, 0.25) is 0 Å². The Balaban J connectivity index is 2.83. The normalized spacial score (nSPS) is 15.0. The molecule has 2 rings (SSSR count). The van der Waals surface area contributed by atoms with E-state index in [9.17, 15) is 13.2 Å². The maximum absolute atomic E-state index is 11.8. The standard InChI is InChI=1S/C16H21NO4S/c1-10(12(3)21-4)17-11(2)15(9-18)14-7-6-13(8-16(14)17)22(5,19)20/h6-10,12H,1-5H3. The van der Waals surface area contributed by atoms with E-state index in [4.69, 9.17) is 4.74 Å². The van der Waals surface area contributed by atoms with Crippen LogP contribution in [0.5, 0.6) is 0 Å². The molecule has 0 aliphatic carbocycles. The Hall–Kier alpha value is -1.66. The number of hydrogen-bond acceptors (Lipinski definition) is 4. The quantitative estimate of drug-likeness (QED) is 0.794. The molecule has 1 aromatic carbocycles. The van der Waals surface area contributed by atoms with Gasteiger partial charge in [-0.05, 0) is 32.9 Å². The highest BCUT2D eigenvalue weighted by atomic mass is 32.2. The summed E-state index contributed by atoms with van der Waals surface area (Å²) in [6, 6.07) is 4.84. The number of ether oxygens (including phenoxy) is 1. The van der Waals surface area contributed by atoms with Gasteiger partial charge >= 0.3 is 0 Å². The fourth-order valence-corrected chi connectivity index (χ4v) is 3.40. The largest absolute Gasteiger partial charge is 0.380 e. The topological polar surface area (TPSA) is 65.4 Å². The predicted octanol–water partition coefficient (Wildman–Crippen LogP) is 2.76. The van der Waals surface area contributed by atoms with Gasteiger partial charge in [-0.1, -0.05) is 6.07 Å². The average molecular weight is 323 g/mol. The Morgan fingerprint density at radius 1 is 1.27 bits per heavy atom. The molecule has 22 heavy (non-hydrogen) atoms. The molecule has 0 amide bonds. The summed E-state index contributed by atoms with van der Waals surface area (Å²) in [6.45, 7) is 5.79. The number of carbonyl (C=O) groups excluding carboxylic acids is 1. The molecule has 6 heteroatoms. The van der Waals surface area contributed by atoms with E-state index < -0.39 is 9.84 Å². The number of hydrogen-bond donors (Lipinski definition) is 0. The first-order valence-corrected chi connectivity index (χ1v) is 8.94. The molecule has 1 aromatic heterocycles. The molecule has 2 aromatic rings. The summed E-state index contributed by atoms with van der Waals surface area (Å²) in [5.74, 6) is 0. The molecule has 0 saturated carbocycles. The van der Waals surface area contributed by atoms with Crippen LogP contribution in [0.4, 0.5) is 0 Å². The third-order valence-electron chi connectivity index (χ3n) is 4.27. The van der Waals surface area contributed by atoms with Gasteiger partial charge in [-0.25, -0.2) is 8.42 Å². The SMILES string of the molecule is COC(C)C(C)n1c(C)c(C=O)c2ccc(S(C)(=O)=O)cc21. The van der Waals surface area contributed by atoms with Gasteiger partial charge < -0.3 is 9.30 Å². The lowest BCUT2D eigenvalue weighted by Crippen LogP contribution is -2.21. The lowest BCUT2D eigenvalue weighted by atomic mass is 10.1. The summed E-state index contributed by atoms with van der Waals surface area (Å²) in [4.78, 5) is 11.7. The molecule has 0 spiro atoms. The smallest absolute Gasteiger partial charge is 0.175 e. The van der Waals surface area contributed by atoms with Crippen LogP contribution in [0.1, 0.15) is 35.9 Å². The molecule has 0 saturated heterocycles. The lowest BCUT2D eigenvalue weighted by molar-refractivity contribution is 0.0785. The molecule has 0 aliphatic heterocycles. The molecular formula is C16H21NO4S. The number of aldehydes is 1. The van der Waals surface area contributed by atoms with E-state index in [0.717, 1.165) is 22.9 Å². The van der Waals surface area contributed by atoms with Crippen LogP contribution < -0.4 is 0 Å². The molecule has 0 bridgehead atoms. The van der Waals surface area contributed by atoms with E-state index in [2.05, 4.69) is 0 Å². The van der Waals surface area contributed by atoms with Crippen LogP contribution in [0.3, 0.4) is 0 Å². The van der Waals surface area contributed by atoms with Crippen molar-refractivity contribution in [2.75, 3.05) is 13.4 Å². The van der Waals surface area contributed by atoms with Gasteiger partial charge in [0.15, 0.2) is 16.1 Å². The van der Waals surface area contributed by atoms with Crippen LogP contribution >= 0.6 is 0 Å². The summed E-state index contributed by atoms with van der Waals surface area (Å²) < 4.78 is 31.0. The summed E-state index contributed by atoms with van der Waals surface area (Å²) >= 11 is 0. The van der Waals surface area contributed by atoms with Gasteiger partial charge in [0.25, 0.3) is 0 Å². The van der Waals surface area contributed by atoms with Crippen molar-refractivity contribution in [1.82, 2.24) is 4.57 Å². The van der Waals surface area contributed by atoms with E-state index in [0.29, 0.717) is 5.56 Å². The van der Waals surface area contributed by atoms with Crippen molar-refractivity contribution in [3.05, 3.63) is 29.5 Å². The van der Waals surface area contributed by atoms with Gasteiger partial charge in [0.1, 0.15) is 0 Å². The molecule has 0 N–H and O–H groups in total. The number of rotatable bonds is 5. The molecule has 1 heterocycles. The first-order chi connectivity index (χ1) is 10.2. The van der Waals surface area contributed by atoms with Crippen LogP contribution in [0.15, 0.2) is 23.1 Å². The number of fused-ring (bicyclic) bond motifs is 1. The van der Waals surface area contributed by atoms with Crippen LogP contribution in [0.25, 0.3) is 10.9 Å².